The zero-order valence-electron chi connectivity index (χ0n) is 10.0. The molecule has 0 amide bonds. The molecule has 0 aromatic carbocycles. The summed E-state index contributed by atoms with van der Waals surface area (Å²) >= 11 is 0. The molecule has 1 atom stereocenters. The smallest absolute Gasteiger partial charge is 0.350 e. The van der Waals surface area contributed by atoms with Gasteiger partial charge in [-0.25, -0.2) is 9.59 Å². The minimum Gasteiger partial charge on any atom is -0.419 e. The Balaban J connectivity index is 2.25. The van der Waals surface area contributed by atoms with Crippen LogP contribution in [0.15, 0.2) is 11.3 Å². The number of carbonyl (C=O) groups excluding carboxylic acids is 2. The fourth-order valence-corrected chi connectivity index (χ4v) is 1.89. The lowest BCUT2D eigenvalue weighted by molar-refractivity contribution is -0.222. The Morgan fingerprint density at radius 1 is 1.29 bits per heavy atom. The van der Waals surface area contributed by atoms with E-state index < -0.39 is 17.7 Å². The first-order valence-electron chi connectivity index (χ1n) is 5.42. The number of esters is 2. The van der Waals surface area contributed by atoms with Crippen LogP contribution in [0.2, 0.25) is 0 Å². The Morgan fingerprint density at radius 3 is 2.35 bits per heavy atom. The zero-order valence-corrected chi connectivity index (χ0v) is 10.0. The lowest BCUT2D eigenvalue weighted by Gasteiger charge is -2.30. The molecule has 0 aromatic rings. The summed E-state index contributed by atoms with van der Waals surface area (Å²) in [5.41, 5.74) is 0.478. The SMILES string of the molecule is CO[C@H]1CCC(=C2C(=O)OC(C)(C)OC2=O)N1. The van der Waals surface area contributed by atoms with Crippen molar-refractivity contribution >= 4 is 11.9 Å². The Labute approximate surface area is 98.9 Å². The highest BCUT2D eigenvalue weighted by molar-refractivity contribution is 6.16. The maximum absolute atomic E-state index is 11.7. The van der Waals surface area contributed by atoms with Gasteiger partial charge in [-0.15, -0.1) is 0 Å². The molecular formula is C11H15NO5. The molecule has 0 radical (unpaired) electrons. The Bertz CT molecular complexity index is 377. The molecule has 1 N–H and O–H groups in total. The molecule has 2 aliphatic heterocycles. The summed E-state index contributed by atoms with van der Waals surface area (Å²) in [4.78, 5) is 23.5. The van der Waals surface area contributed by atoms with Crippen LogP contribution in [0.1, 0.15) is 26.7 Å². The average molecular weight is 241 g/mol. The monoisotopic (exact) mass is 241 g/mol. The summed E-state index contributed by atoms with van der Waals surface area (Å²) in [6.45, 7) is 3.04. The number of nitrogens with one attached hydrogen (secondary N) is 1. The number of methoxy groups -OCH3 is 1. The van der Waals surface area contributed by atoms with Crippen molar-refractivity contribution in [3.63, 3.8) is 0 Å². The van der Waals surface area contributed by atoms with Gasteiger partial charge in [0.15, 0.2) is 5.57 Å². The van der Waals surface area contributed by atoms with Crippen LogP contribution in [0, 0.1) is 0 Å². The van der Waals surface area contributed by atoms with Crippen molar-refractivity contribution in [3.8, 4) is 0 Å². The molecule has 2 fully saturated rings. The van der Waals surface area contributed by atoms with Crippen LogP contribution < -0.4 is 5.32 Å². The second kappa shape index (κ2) is 4.03. The highest BCUT2D eigenvalue weighted by Gasteiger charge is 2.41. The summed E-state index contributed by atoms with van der Waals surface area (Å²) in [5, 5.41) is 2.95. The summed E-state index contributed by atoms with van der Waals surface area (Å²) in [6, 6.07) is 0. The number of carbonyl (C=O) groups is 2. The first-order chi connectivity index (χ1) is 7.93. The van der Waals surface area contributed by atoms with E-state index in [0.29, 0.717) is 18.5 Å². The third-order valence-corrected chi connectivity index (χ3v) is 2.66. The minimum absolute atomic E-state index is 0.0520. The van der Waals surface area contributed by atoms with Gasteiger partial charge in [-0.3, -0.25) is 0 Å². The zero-order chi connectivity index (χ0) is 12.6. The van der Waals surface area contributed by atoms with Crippen LogP contribution >= 0.6 is 0 Å². The second-order valence-electron chi connectivity index (χ2n) is 4.44. The van der Waals surface area contributed by atoms with Gasteiger partial charge >= 0.3 is 11.9 Å². The van der Waals surface area contributed by atoms with Crippen LogP contribution in [0.3, 0.4) is 0 Å². The van der Waals surface area contributed by atoms with Gasteiger partial charge in [-0.05, 0) is 12.8 Å². The Kier molecular flexibility index (Phi) is 2.82. The molecule has 2 rings (SSSR count). The fraction of sp³-hybridized carbons (Fsp3) is 0.636. The van der Waals surface area contributed by atoms with Crippen LogP contribution in [0.25, 0.3) is 0 Å². The third-order valence-electron chi connectivity index (χ3n) is 2.66. The molecule has 2 heterocycles. The summed E-state index contributed by atoms with van der Waals surface area (Å²) in [5.74, 6) is -2.49. The standard InChI is InChI=1S/C11H15NO5/c1-11(2)16-9(13)8(10(14)17-11)6-4-5-7(12-6)15-3/h7,12H,4-5H2,1-3H3/t7-/m0/s1. The summed E-state index contributed by atoms with van der Waals surface area (Å²) in [6.07, 6.45) is 1.10. The molecule has 17 heavy (non-hydrogen) atoms. The highest BCUT2D eigenvalue weighted by atomic mass is 16.7. The normalized spacial score (nSPS) is 27.6. The van der Waals surface area contributed by atoms with Gasteiger partial charge in [0.2, 0.25) is 0 Å². The van der Waals surface area contributed by atoms with Crippen molar-refractivity contribution in [2.45, 2.75) is 38.7 Å². The molecule has 6 nitrogen and oxygen atoms in total. The predicted molar refractivity (Wildman–Crippen MR) is 56.5 cm³/mol. The largest absolute Gasteiger partial charge is 0.419 e. The Hall–Kier alpha value is -1.56. The van der Waals surface area contributed by atoms with Crippen molar-refractivity contribution in [2.24, 2.45) is 0 Å². The first kappa shape index (κ1) is 11.9. The number of cyclic esters (lactones) is 2. The molecule has 94 valence electrons. The van der Waals surface area contributed by atoms with Crippen LogP contribution in [0.4, 0.5) is 0 Å². The van der Waals surface area contributed by atoms with Gasteiger partial charge in [0.1, 0.15) is 6.23 Å². The van der Waals surface area contributed by atoms with E-state index in [9.17, 15) is 9.59 Å². The van der Waals surface area contributed by atoms with E-state index in [-0.39, 0.29) is 11.8 Å². The van der Waals surface area contributed by atoms with Crippen molar-refractivity contribution < 1.29 is 23.8 Å². The van der Waals surface area contributed by atoms with Crippen LogP contribution in [-0.4, -0.2) is 31.1 Å². The van der Waals surface area contributed by atoms with Crippen molar-refractivity contribution in [3.05, 3.63) is 11.3 Å². The van der Waals surface area contributed by atoms with E-state index in [1.54, 1.807) is 7.11 Å². The molecular weight excluding hydrogens is 226 g/mol. The van der Waals surface area contributed by atoms with Crippen LogP contribution in [0.5, 0.6) is 0 Å². The molecule has 0 bridgehead atoms. The third kappa shape index (κ3) is 2.26. The van der Waals surface area contributed by atoms with E-state index in [4.69, 9.17) is 14.2 Å². The topological polar surface area (TPSA) is 73.9 Å². The number of ether oxygens (including phenoxy) is 3. The van der Waals surface area contributed by atoms with Crippen molar-refractivity contribution in [1.82, 2.24) is 5.32 Å². The van der Waals surface area contributed by atoms with E-state index >= 15 is 0 Å². The summed E-state index contributed by atoms with van der Waals surface area (Å²) < 4.78 is 15.1. The first-order valence-corrected chi connectivity index (χ1v) is 5.42. The second-order valence-corrected chi connectivity index (χ2v) is 4.44. The lowest BCUT2D eigenvalue weighted by atomic mass is 10.1. The van der Waals surface area contributed by atoms with Gasteiger partial charge in [-0.1, -0.05) is 0 Å². The van der Waals surface area contributed by atoms with E-state index in [2.05, 4.69) is 5.32 Å². The van der Waals surface area contributed by atoms with Gasteiger partial charge in [0, 0.05) is 26.7 Å². The molecule has 0 aliphatic carbocycles. The maximum atomic E-state index is 11.7. The number of rotatable bonds is 1. The molecule has 0 aromatic heterocycles. The van der Waals surface area contributed by atoms with Crippen molar-refractivity contribution in [2.75, 3.05) is 7.11 Å². The highest BCUT2D eigenvalue weighted by Crippen LogP contribution is 2.28. The number of hydrogen-bond donors (Lipinski definition) is 1. The van der Waals surface area contributed by atoms with E-state index in [0.717, 1.165) is 0 Å². The molecule has 2 aliphatic rings. The molecule has 2 saturated heterocycles. The quantitative estimate of drug-likeness (QED) is 0.408. The van der Waals surface area contributed by atoms with E-state index in [1.807, 2.05) is 0 Å². The molecule has 6 heteroatoms. The van der Waals surface area contributed by atoms with Gasteiger partial charge in [-0.2, -0.15) is 0 Å². The van der Waals surface area contributed by atoms with Gasteiger partial charge in [0.05, 0.1) is 0 Å². The summed E-state index contributed by atoms with van der Waals surface area (Å²) in [7, 11) is 1.56. The minimum atomic E-state index is -1.20. The molecule has 0 spiro atoms. The fourth-order valence-electron chi connectivity index (χ4n) is 1.89. The number of allylic oxidation sites excluding steroid dienone is 1. The molecule has 0 unspecified atom stereocenters. The predicted octanol–water partition coefficient (Wildman–Crippen LogP) is 0.432. The Morgan fingerprint density at radius 2 is 1.88 bits per heavy atom. The van der Waals surface area contributed by atoms with Crippen LogP contribution in [-0.2, 0) is 23.8 Å². The van der Waals surface area contributed by atoms with Gasteiger partial charge in [0.25, 0.3) is 5.79 Å². The average Bonchev–Trinajstić information content (AvgIpc) is 2.62. The van der Waals surface area contributed by atoms with E-state index in [1.165, 1.54) is 13.8 Å². The van der Waals surface area contributed by atoms with Crippen molar-refractivity contribution in [1.29, 1.82) is 0 Å². The maximum Gasteiger partial charge on any atom is 0.350 e. The molecule has 0 saturated carbocycles. The van der Waals surface area contributed by atoms with Gasteiger partial charge < -0.3 is 19.5 Å². The lowest BCUT2D eigenvalue weighted by Crippen LogP contribution is -2.43. The number of hydrogen-bond acceptors (Lipinski definition) is 6.